The van der Waals surface area contributed by atoms with E-state index in [0.29, 0.717) is 17.0 Å². The molecule has 23 heavy (non-hydrogen) atoms. The first kappa shape index (κ1) is 15.3. The van der Waals surface area contributed by atoms with E-state index in [1.807, 2.05) is 18.2 Å². The number of hydrogen-bond acceptors (Lipinski definition) is 3. The van der Waals surface area contributed by atoms with Crippen molar-refractivity contribution >= 4 is 22.6 Å². The molecule has 0 amide bonds. The quantitative estimate of drug-likeness (QED) is 0.765. The van der Waals surface area contributed by atoms with E-state index in [0.717, 1.165) is 10.1 Å². The smallest absolute Gasteiger partial charge is 0.307 e. The topological polar surface area (TPSA) is 76.9 Å². The molecule has 0 atom stereocenters. The summed E-state index contributed by atoms with van der Waals surface area (Å²) in [6, 6.07) is 8.74. The molecule has 0 aliphatic heterocycles. The maximum absolute atomic E-state index is 12.3. The Morgan fingerprint density at radius 3 is 2.43 bits per heavy atom. The second-order valence-corrected chi connectivity index (χ2v) is 5.77. The Labute approximate surface area is 135 Å². The lowest BCUT2D eigenvalue weighted by Crippen LogP contribution is -2.38. The number of aryl methyl sites for hydroxylation is 1. The van der Waals surface area contributed by atoms with Gasteiger partial charge < -0.3 is 4.98 Å². The normalized spacial score (nSPS) is 11.1. The zero-order chi connectivity index (χ0) is 16.7. The number of nitrogens with zero attached hydrogens (tertiary/aromatic N) is 2. The van der Waals surface area contributed by atoms with Gasteiger partial charge in [-0.05, 0) is 17.7 Å². The van der Waals surface area contributed by atoms with Gasteiger partial charge in [0.1, 0.15) is 5.65 Å². The van der Waals surface area contributed by atoms with Crippen LogP contribution in [-0.4, -0.2) is 14.1 Å². The van der Waals surface area contributed by atoms with Crippen molar-refractivity contribution in [3.05, 3.63) is 77.7 Å². The lowest BCUT2D eigenvalue weighted by atomic mass is 10.1. The van der Waals surface area contributed by atoms with Gasteiger partial charge in [-0.3, -0.25) is 18.7 Å². The average Bonchev–Trinajstić information content (AvgIpc) is 2.54. The number of fused-ring (bicyclic) bond motifs is 1. The van der Waals surface area contributed by atoms with Crippen molar-refractivity contribution in [2.45, 2.75) is 6.42 Å². The summed E-state index contributed by atoms with van der Waals surface area (Å²) in [6.07, 6.45) is 0.303. The minimum atomic E-state index is -0.489. The lowest BCUT2D eigenvalue weighted by molar-refractivity contribution is 0.706. The molecule has 0 spiro atoms. The van der Waals surface area contributed by atoms with Crippen molar-refractivity contribution in [3.63, 3.8) is 0 Å². The Balaban J connectivity index is 2.27. The molecule has 118 valence electrons. The Hall–Kier alpha value is -2.60. The molecular weight excluding hydrogens is 318 g/mol. The van der Waals surface area contributed by atoms with Crippen LogP contribution in [0.5, 0.6) is 0 Å². The first-order chi connectivity index (χ1) is 10.9. The van der Waals surface area contributed by atoms with Crippen LogP contribution >= 0.6 is 11.6 Å². The van der Waals surface area contributed by atoms with Gasteiger partial charge in [0.25, 0.3) is 11.1 Å². The average molecular weight is 332 g/mol. The molecule has 1 aromatic carbocycles. The number of aromatic nitrogens is 3. The van der Waals surface area contributed by atoms with E-state index in [-0.39, 0.29) is 16.6 Å². The van der Waals surface area contributed by atoms with E-state index in [2.05, 4.69) is 4.98 Å². The molecule has 3 rings (SSSR count). The van der Waals surface area contributed by atoms with E-state index in [9.17, 15) is 14.4 Å². The van der Waals surface area contributed by atoms with Gasteiger partial charge in [0.2, 0.25) is 0 Å². The van der Waals surface area contributed by atoms with Gasteiger partial charge in [0.05, 0.1) is 5.39 Å². The van der Waals surface area contributed by atoms with E-state index in [1.165, 1.54) is 24.7 Å². The predicted octanol–water partition coefficient (Wildman–Crippen LogP) is 1.17. The van der Waals surface area contributed by atoms with Gasteiger partial charge in [0, 0.05) is 31.1 Å². The molecule has 3 aromatic rings. The molecule has 0 aliphatic rings. The van der Waals surface area contributed by atoms with Crippen molar-refractivity contribution < 1.29 is 0 Å². The van der Waals surface area contributed by atoms with E-state index in [4.69, 9.17) is 11.6 Å². The minimum Gasteiger partial charge on any atom is -0.307 e. The number of nitrogens with one attached hydrogen (secondary N) is 1. The van der Waals surface area contributed by atoms with Crippen LogP contribution in [0.2, 0.25) is 5.02 Å². The van der Waals surface area contributed by atoms with Gasteiger partial charge in [0.15, 0.2) is 0 Å². The maximum Gasteiger partial charge on any atom is 0.332 e. The van der Waals surface area contributed by atoms with Crippen molar-refractivity contribution in [2.24, 2.45) is 14.1 Å². The standard InChI is InChI=1S/C16H14ClN3O3/c1-19-13-11(15(22)20(2)16(19)23)8-10(14(21)18-13)7-9-5-3-4-6-12(9)17/h3-6,8H,7H2,1-2H3,(H,18,21). The molecule has 2 heterocycles. The number of pyridine rings is 1. The van der Waals surface area contributed by atoms with Crippen LogP contribution in [0.25, 0.3) is 11.0 Å². The maximum atomic E-state index is 12.3. The van der Waals surface area contributed by atoms with Gasteiger partial charge in [-0.15, -0.1) is 0 Å². The zero-order valence-corrected chi connectivity index (χ0v) is 13.3. The molecule has 0 unspecified atom stereocenters. The SMILES string of the molecule is Cn1c(=O)c2cc(Cc3ccccc3Cl)c(=O)[nH]c2n(C)c1=O. The Bertz CT molecular complexity index is 1090. The summed E-state index contributed by atoms with van der Waals surface area (Å²) in [5, 5.41) is 0.844. The van der Waals surface area contributed by atoms with Crippen LogP contribution in [0.15, 0.2) is 44.7 Å². The van der Waals surface area contributed by atoms with Crippen LogP contribution in [0.1, 0.15) is 11.1 Å². The molecule has 2 aromatic heterocycles. The van der Waals surface area contributed by atoms with Gasteiger partial charge in [-0.2, -0.15) is 0 Å². The Kier molecular flexibility index (Phi) is 3.69. The highest BCUT2D eigenvalue weighted by atomic mass is 35.5. The summed E-state index contributed by atoms with van der Waals surface area (Å²) in [6.45, 7) is 0. The largest absolute Gasteiger partial charge is 0.332 e. The number of benzene rings is 1. The van der Waals surface area contributed by atoms with Crippen molar-refractivity contribution in [1.82, 2.24) is 14.1 Å². The third kappa shape index (κ3) is 2.51. The number of rotatable bonds is 2. The molecule has 0 saturated carbocycles. The van der Waals surface area contributed by atoms with Gasteiger partial charge in [-0.1, -0.05) is 29.8 Å². The van der Waals surface area contributed by atoms with Crippen LogP contribution in [0.4, 0.5) is 0 Å². The van der Waals surface area contributed by atoms with Gasteiger partial charge in [-0.25, -0.2) is 4.79 Å². The van der Waals surface area contributed by atoms with Crippen LogP contribution in [0, 0.1) is 0 Å². The van der Waals surface area contributed by atoms with Crippen LogP contribution < -0.4 is 16.8 Å². The van der Waals surface area contributed by atoms with E-state index >= 15 is 0 Å². The molecule has 0 aliphatic carbocycles. The second kappa shape index (κ2) is 5.55. The first-order valence-corrected chi connectivity index (χ1v) is 7.33. The van der Waals surface area contributed by atoms with Crippen molar-refractivity contribution in [1.29, 1.82) is 0 Å². The van der Waals surface area contributed by atoms with E-state index < -0.39 is 11.2 Å². The highest BCUT2D eigenvalue weighted by Crippen LogP contribution is 2.18. The number of aromatic amines is 1. The summed E-state index contributed by atoms with van der Waals surface area (Å²) in [7, 11) is 2.91. The third-order valence-electron chi connectivity index (χ3n) is 3.88. The fraction of sp³-hybridized carbons (Fsp3) is 0.188. The molecule has 0 bridgehead atoms. The highest BCUT2D eigenvalue weighted by Gasteiger charge is 2.13. The molecule has 0 fully saturated rings. The van der Waals surface area contributed by atoms with Crippen LogP contribution in [0.3, 0.4) is 0 Å². The zero-order valence-electron chi connectivity index (χ0n) is 12.6. The fourth-order valence-corrected chi connectivity index (χ4v) is 2.76. The monoisotopic (exact) mass is 331 g/mol. The molecule has 0 radical (unpaired) electrons. The van der Waals surface area contributed by atoms with Gasteiger partial charge >= 0.3 is 5.69 Å². The number of halogens is 1. The van der Waals surface area contributed by atoms with E-state index in [1.54, 1.807) is 6.07 Å². The predicted molar refractivity (Wildman–Crippen MR) is 89.3 cm³/mol. The summed E-state index contributed by atoms with van der Waals surface area (Å²) in [5.41, 5.74) is 0.144. The number of H-pyrrole nitrogens is 1. The molecule has 0 saturated heterocycles. The molecular formula is C16H14ClN3O3. The molecule has 7 heteroatoms. The minimum absolute atomic E-state index is 0.214. The summed E-state index contributed by atoms with van der Waals surface area (Å²) >= 11 is 6.12. The van der Waals surface area contributed by atoms with Crippen molar-refractivity contribution in [2.75, 3.05) is 0 Å². The third-order valence-corrected chi connectivity index (χ3v) is 4.25. The summed E-state index contributed by atoms with van der Waals surface area (Å²) in [5.74, 6) is 0. The molecule has 6 nitrogen and oxygen atoms in total. The highest BCUT2D eigenvalue weighted by molar-refractivity contribution is 6.31. The first-order valence-electron chi connectivity index (χ1n) is 6.95. The van der Waals surface area contributed by atoms with Crippen molar-refractivity contribution in [3.8, 4) is 0 Å². The Morgan fingerprint density at radius 2 is 1.74 bits per heavy atom. The fourth-order valence-electron chi connectivity index (χ4n) is 2.56. The summed E-state index contributed by atoms with van der Waals surface area (Å²) in [4.78, 5) is 39.1. The lowest BCUT2D eigenvalue weighted by Gasteiger charge is -2.09. The molecule has 1 N–H and O–H groups in total. The Morgan fingerprint density at radius 1 is 1.04 bits per heavy atom. The number of hydrogen-bond donors (Lipinski definition) is 1. The van der Waals surface area contributed by atoms with Crippen LogP contribution in [-0.2, 0) is 20.5 Å². The summed E-state index contributed by atoms with van der Waals surface area (Å²) < 4.78 is 2.26. The second-order valence-electron chi connectivity index (χ2n) is 5.36.